The van der Waals surface area contributed by atoms with Crippen LogP contribution in [0.25, 0.3) is 0 Å². The molecule has 1 aliphatic heterocycles. The Morgan fingerprint density at radius 3 is 3.11 bits per heavy atom. The molecule has 0 radical (unpaired) electrons. The zero-order valence-electron chi connectivity index (χ0n) is 11.9. The lowest BCUT2D eigenvalue weighted by Gasteiger charge is -2.33. The molecular formula is C15H23N3O. The van der Waals surface area contributed by atoms with E-state index in [1.807, 2.05) is 25.1 Å². The van der Waals surface area contributed by atoms with Gasteiger partial charge in [-0.15, -0.1) is 0 Å². The Labute approximate surface area is 115 Å². The zero-order chi connectivity index (χ0) is 13.7. The van der Waals surface area contributed by atoms with Gasteiger partial charge in [-0.2, -0.15) is 0 Å². The maximum Gasteiger partial charge on any atom is 0.224 e. The number of aryl methyl sites for hydroxylation is 1. The molecule has 4 heteroatoms. The molecule has 0 saturated carbocycles. The van der Waals surface area contributed by atoms with E-state index in [2.05, 4.69) is 22.1 Å². The highest BCUT2D eigenvalue weighted by Crippen LogP contribution is 2.21. The number of nitrogens with one attached hydrogen (secondary N) is 1. The number of rotatable bonds is 4. The van der Waals surface area contributed by atoms with Crippen LogP contribution in [-0.4, -0.2) is 30.5 Å². The highest BCUT2D eigenvalue weighted by atomic mass is 16.1. The lowest BCUT2D eigenvalue weighted by Crippen LogP contribution is -2.43. The van der Waals surface area contributed by atoms with Crippen LogP contribution in [-0.2, 0) is 4.79 Å². The molecule has 1 unspecified atom stereocenters. The second-order valence-corrected chi connectivity index (χ2v) is 5.21. The number of nitrogens with zero attached hydrogens (tertiary/aromatic N) is 2. The van der Waals surface area contributed by atoms with Crippen molar-refractivity contribution in [1.82, 2.24) is 10.3 Å². The Morgan fingerprint density at radius 2 is 2.37 bits per heavy atom. The van der Waals surface area contributed by atoms with Crippen LogP contribution < -0.4 is 10.2 Å². The lowest BCUT2D eigenvalue weighted by molar-refractivity contribution is -0.125. The topological polar surface area (TPSA) is 45.2 Å². The summed E-state index contributed by atoms with van der Waals surface area (Å²) in [7, 11) is 0. The Morgan fingerprint density at radius 1 is 1.53 bits per heavy atom. The minimum absolute atomic E-state index is 0.0996. The van der Waals surface area contributed by atoms with Gasteiger partial charge < -0.3 is 10.2 Å². The van der Waals surface area contributed by atoms with Gasteiger partial charge in [-0.05, 0) is 38.3 Å². The van der Waals surface area contributed by atoms with E-state index in [0.717, 1.165) is 50.4 Å². The van der Waals surface area contributed by atoms with E-state index in [1.54, 1.807) is 0 Å². The molecule has 19 heavy (non-hydrogen) atoms. The van der Waals surface area contributed by atoms with Crippen molar-refractivity contribution >= 4 is 11.7 Å². The fraction of sp³-hybridized carbons (Fsp3) is 0.600. The summed E-state index contributed by atoms with van der Waals surface area (Å²) in [5, 5.41) is 3.00. The third-order valence-electron chi connectivity index (χ3n) is 3.54. The van der Waals surface area contributed by atoms with Crippen LogP contribution in [0.4, 0.5) is 5.82 Å². The van der Waals surface area contributed by atoms with E-state index in [9.17, 15) is 4.79 Å². The maximum atomic E-state index is 12.0. The number of pyridine rings is 1. The van der Waals surface area contributed by atoms with Crippen molar-refractivity contribution in [2.24, 2.45) is 5.92 Å². The van der Waals surface area contributed by atoms with E-state index in [-0.39, 0.29) is 11.8 Å². The first-order valence-corrected chi connectivity index (χ1v) is 7.17. The monoisotopic (exact) mass is 261 g/mol. The number of aromatic nitrogens is 1. The van der Waals surface area contributed by atoms with Gasteiger partial charge in [-0.3, -0.25) is 4.79 Å². The van der Waals surface area contributed by atoms with Gasteiger partial charge in [-0.1, -0.05) is 13.0 Å². The van der Waals surface area contributed by atoms with E-state index in [4.69, 9.17) is 0 Å². The summed E-state index contributed by atoms with van der Waals surface area (Å²) < 4.78 is 0. The van der Waals surface area contributed by atoms with E-state index < -0.39 is 0 Å². The van der Waals surface area contributed by atoms with Crippen LogP contribution in [0.1, 0.15) is 31.9 Å². The van der Waals surface area contributed by atoms with Gasteiger partial charge in [0.15, 0.2) is 0 Å². The summed E-state index contributed by atoms with van der Waals surface area (Å²) in [4.78, 5) is 18.8. The molecule has 1 atom stereocenters. The summed E-state index contributed by atoms with van der Waals surface area (Å²) in [6.45, 7) is 6.63. The van der Waals surface area contributed by atoms with Crippen molar-refractivity contribution in [2.75, 3.05) is 24.5 Å². The highest BCUT2D eigenvalue weighted by molar-refractivity contribution is 5.79. The number of carbonyl (C=O) groups is 1. The van der Waals surface area contributed by atoms with Crippen LogP contribution >= 0.6 is 0 Å². The Kier molecular flexibility index (Phi) is 4.77. The van der Waals surface area contributed by atoms with Crippen LogP contribution in [0.5, 0.6) is 0 Å². The fourth-order valence-corrected chi connectivity index (χ4v) is 2.50. The minimum Gasteiger partial charge on any atom is -0.356 e. The van der Waals surface area contributed by atoms with Gasteiger partial charge in [0, 0.05) is 25.3 Å². The first-order valence-electron chi connectivity index (χ1n) is 7.17. The van der Waals surface area contributed by atoms with E-state index in [0.29, 0.717) is 0 Å². The molecular weight excluding hydrogens is 238 g/mol. The Bertz CT molecular complexity index is 433. The van der Waals surface area contributed by atoms with Crippen molar-refractivity contribution in [3.8, 4) is 0 Å². The van der Waals surface area contributed by atoms with E-state index >= 15 is 0 Å². The highest BCUT2D eigenvalue weighted by Gasteiger charge is 2.26. The van der Waals surface area contributed by atoms with Gasteiger partial charge in [0.2, 0.25) is 5.91 Å². The number of hydrogen-bond acceptors (Lipinski definition) is 3. The predicted molar refractivity (Wildman–Crippen MR) is 77.2 cm³/mol. The predicted octanol–water partition coefficient (Wildman–Crippen LogP) is 2.13. The summed E-state index contributed by atoms with van der Waals surface area (Å²) in [5.41, 5.74) is 1.02. The number of amides is 1. The Hall–Kier alpha value is -1.58. The van der Waals surface area contributed by atoms with Gasteiger partial charge >= 0.3 is 0 Å². The first-order chi connectivity index (χ1) is 9.20. The number of hydrogen-bond donors (Lipinski definition) is 1. The van der Waals surface area contributed by atoms with Crippen molar-refractivity contribution in [3.05, 3.63) is 23.9 Å². The van der Waals surface area contributed by atoms with Gasteiger partial charge in [0.1, 0.15) is 5.82 Å². The van der Waals surface area contributed by atoms with E-state index in [1.165, 1.54) is 0 Å². The largest absolute Gasteiger partial charge is 0.356 e. The molecule has 1 aromatic rings. The SMILES string of the molecule is CCCNC(=O)C1CCCN(c2cccc(C)n2)C1. The van der Waals surface area contributed by atoms with Crippen molar-refractivity contribution in [1.29, 1.82) is 0 Å². The smallest absolute Gasteiger partial charge is 0.224 e. The van der Waals surface area contributed by atoms with Crippen LogP contribution in [0.2, 0.25) is 0 Å². The molecule has 0 spiro atoms. The molecule has 0 bridgehead atoms. The molecule has 0 aromatic carbocycles. The normalized spacial score (nSPS) is 19.3. The third-order valence-corrected chi connectivity index (χ3v) is 3.54. The van der Waals surface area contributed by atoms with Crippen molar-refractivity contribution in [2.45, 2.75) is 33.1 Å². The first kappa shape index (κ1) is 13.8. The summed E-state index contributed by atoms with van der Waals surface area (Å²) in [6.07, 6.45) is 3.03. The number of carbonyl (C=O) groups excluding carboxylic acids is 1. The molecule has 1 aliphatic rings. The Balaban J connectivity index is 1.99. The van der Waals surface area contributed by atoms with Crippen molar-refractivity contribution in [3.63, 3.8) is 0 Å². The quantitative estimate of drug-likeness (QED) is 0.903. The third kappa shape index (κ3) is 3.69. The summed E-state index contributed by atoms with van der Waals surface area (Å²) in [6, 6.07) is 6.05. The average molecular weight is 261 g/mol. The van der Waals surface area contributed by atoms with Crippen molar-refractivity contribution < 1.29 is 4.79 Å². The molecule has 4 nitrogen and oxygen atoms in total. The molecule has 2 rings (SSSR count). The molecule has 2 heterocycles. The maximum absolute atomic E-state index is 12.0. The number of piperidine rings is 1. The average Bonchev–Trinajstić information content (AvgIpc) is 2.45. The van der Waals surface area contributed by atoms with Gasteiger partial charge in [-0.25, -0.2) is 4.98 Å². The van der Waals surface area contributed by atoms with Gasteiger partial charge in [0.05, 0.1) is 5.92 Å². The zero-order valence-corrected chi connectivity index (χ0v) is 11.9. The fourth-order valence-electron chi connectivity index (χ4n) is 2.50. The van der Waals surface area contributed by atoms with Crippen LogP contribution in [0, 0.1) is 12.8 Å². The van der Waals surface area contributed by atoms with Crippen LogP contribution in [0.15, 0.2) is 18.2 Å². The van der Waals surface area contributed by atoms with Gasteiger partial charge in [0.25, 0.3) is 0 Å². The second kappa shape index (κ2) is 6.55. The minimum atomic E-state index is 0.0996. The molecule has 104 valence electrons. The molecule has 1 fully saturated rings. The molecule has 1 aromatic heterocycles. The number of anilines is 1. The molecule has 1 amide bonds. The standard InChI is InChI=1S/C15H23N3O/c1-3-9-16-15(19)13-7-5-10-18(11-13)14-8-4-6-12(2)17-14/h4,6,8,13H,3,5,7,9-11H2,1-2H3,(H,16,19). The second-order valence-electron chi connectivity index (χ2n) is 5.21. The van der Waals surface area contributed by atoms with Crippen LogP contribution in [0.3, 0.4) is 0 Å². The molecule has 1 N–H and O–H groups in total. The summed E-state index contributed by atoms with van der Waals surface area (Å²) >= 11 is 0. The molecule has 1 saturated heterocycles. The summed E-state index contributed by atoms with van der Waals surface area (Å²) in [5.74, 6) is 1.29. The lowest BCUT2D eigenvalue weighted by atomic mass is 9.97. The molecule has 0 aliphatic carbocycles.